The van der Waals surface area contributed by atoms with Gasteiger partial charge in [0.05, 0.1) is 23.3 Å². The minimum atomic E-state index is -0.560. The zero-order valence-electron chi connectivity index (χ0n) is 13.6. The van der Waals surface area contributed by atoms with Gasteiger partial charge in [0.25, 0.3) is 5.56 Å². The van der Waals surface area contributed by atoms with E-state index in [1.807, 2.05) is 6.07 Å². The average molecular weight is 346 g/mol. The predicted octanol–water partition coefficient (Wildman–Crippen LogP) is 1.90. The lowest BCUT2D eigenvalue weighted by Gasteiger charge is -2.10. The summed E-state index contributed by atoms with van der Waals surface area (Å²) >= 11 is 0. The number of phenols is 1. The number of fused-ring (bicyclic) bond motifs is 1. The van der Waals surface area contributed by atoms with Crippen molar-refractivity contribution in [2.24, 2.45) is 0 Å². The number of hydrogen-bond acceptors (Lipinski definition) is 5. The molecule has 4 aromatic rings. The summed E-state index contributed by atoms with van der Waals surface area (Å²) in [5.41, 5.74) is 0.832. The van der Waals surface area contributed by atoms with Gasteiger partial charge in [0, 0.05) is 11.8 Å². The molecule has 0 unspecified atom stereocenters. The number of hydrogen-bond donors (Lipinski definition) is 2. The lowest BCUT2D eigenvalue weighted by molar-refractivity contribution is 0.477. The first-order chi connectivity index (χ1) is 12.6. The predicted molar refractivity (Wildman–Crippen MR) is 97.1 cm³/mol. The van der Waals surface area contributed by atoms with E-state index in [0.29, 0.717) is 22.3 Å². The maximum Gasteiger partial charge on any atom is 0.330 e. The van der Waals surface area contributed by atoms with Crippen LogP contribution in [0, 0.1) is 0 Å². The fourth-order valence-corrected chi connectivity index (χ4v) is 2.80. The second kappa shape index (κ2) is 6.29. The molecule has 7 nitrogen and oxygen atoms in total. The van der Waals surface area contributed by atoms with Crippen LogP contribution in [0.5, 0.6) is 5.75 Å². The van der Waals surface area contributed by atoms with E-state index in [-0.39, 0.29) is 17.9 Å². The number of benzene rings is 1. The first-order valence-electron chi connectivity index (χ1n) is 7.95. The molecule has 0 saturated heterocycles. The summed E-state index contributed by atoms with van der Waals surface area (Å²) in [6.45, 7) is 0.171. The second-order valence-electron chi connectivity index (χ2n) is 5.75. The summed E-state index contributed by atoms with van der Waals surface area (Å²) in [5.74, 6) is 0.0720. The van der Waals surface area contributed by atoms with Crippen LogP contribution in [-0.2, 0) is 6.54 Å². The van der Waals surface area contributed by atoms with Crippen molar-refractivity contribution in [1.29, 1.82) is 0 Å². The molecule has 0 aliphatic rings. The van der Waals surface area contributed by atoms with Crippen LogP contribution in [0.25, 0.3) is 22.3 Å². The van der Waals surface area contributed by atoms with E-state index >= 15 is 0 Å². The number of aromatic hydroxyl groups is 1. The van der Waals surface area contributed by atoms with Crippen molar-refractivity contribution in [2.45, 2.75) is 6.54 Å². The number of H-pyrrole nitrogens is 1. The number of aromatic nitrogens is 4. The Balaban J connectivity index is 1.96. The number of aromatic amines is 1. The van der Waals surface area contributed by atoms with E-state index < -0.39 is 11.2 Å². The van der Waals surface area contributed by atoms with Gasteiger partial charge in [-0.05, 0) is 36.4 Å². The van der Waals surface area contributed by atoms with Crippen LogP contribution in [0.3, 0.4) is 0 Å². The highest BCUT2D eigenvalue weighted by Gasteiger charge is 2.13. The SMILES string of the molecule is O=c1[nH]c(=O)n(Cc2ccccn2)c2nc(-c3ccccc3O)ccc12. The maximum atomic E-state index is 12.4. The third-order valence-electron chi connectivity index (χ3n) is 4.07. The largest absolute Gasteiger partial charge is 0.507 e. The van der Waals surface area contributed by atoms with E-state index in [0.717, 1.165) is 0 Å². The summed E-state index contributed by atoms with van der Waals surface area (Å²) in [4.78, 5) is 35.5. The van der Waals surface area contributed by atoms with Gasteiger partial charge in [0.2, 0.25) is 0 Å². The Morgan fingerprint density at radius 3 is 2.58 bits per heavy atom. The van der Waals surface area contributed by atoms with Crippen LogP contribution < -0.4 is 11.2 Å². The van der Waals surface area contributed by atoms with Gasteiger partial charge < -0.3 is 5.11 Å². The quantitative estimate of drug-likeness (QED) is 0.590. The number of para-hydroxylation sites is 1. The first-order valence-corrected chi connectivity index (χ1v) is 7.95. The van der Waals surface area contributed by atoms with Crippen molar-refractivity contribution in [3.63, 3.8) is 0 Å². The van der Waals surface area contributed by atoms with Gasteiger partial charge in [-0.2, -0.15) is 0 Å². The van der Waals surface area contributed by atoms with Gasteiger partial charge in [-0.1, -0.05) is 18.2 Å². The summed E-state index contributed by atoms with van der Waals surface area (Å²) < 4.78 is 1.36. The summed E-state index contributed by atoms with van der Waals surface area (Å²) in [6.07, 6.45) is 1.63. The van der Waals surface area contributed by atoms with Crippen molar-refractivity contribution in [3.05, 3.63) is 87.3 Å². The zero-order valence-corrected chi connectivity index (χ0v) is 13.6. The Hall–Kier alpha value is -3.74. The summed E-state index contributed by atoms with van der Waals surface area (Å²) in [7, 11) is 0. The van der Waals surface area contributed by atoms with Gasteiger partial charge in [0.15, 0.2) is 5.65 Å². The molecule has 3 heterocycles. The Morgan fingerprint density at radius 1 is 1.00 bits per heavy atom. The molecule has 0 spiro atoms. The Kier molecular flexibility index (Phi) is 3.81. The average Bonchev–Trinajstić information content (AvgIpc) is 2.66. The van der Waals surface area contributed by atoms with Crippen molar-refractivity contribution in [3.8, 4) is 17.0 Å². The number of rotatable bonds is 3. The molecule has 0 atom stereocenters. The van der Waals surface area contributed by atoms with Crippen molar-refractivity contribution < 1.29 is 5.11 Å². The van der Waals surface area contributed by atoms with E-state index in [1.54, 1.807) is 54.7 Å². The van der Waals surface area contributed by atoms with Crippen LogP contribution in [0.1, 0.15) is 5.69 Å². The third-order valence-corrected chi connectivity index (χ3v) is 4.07. The van der Waals surface area contributed by atoms with E-state index in [4.69, 9.17) is 0 Å². The lowest BCUT2D eigenvalue weighted by atomic mass is 10.1. The smallest absolute Gasteiger partial charge is 0.330 e. The number of nitrogens with zero attached hydrogens (tertiary/aromatic N) is 3. The summed E-state index contributed by atoms with van der Waals surface area (Å²) in [6, 6.07) is 15.4. The van der Waals surface area contributed by atoms with Crippen molar-refractivity contribution in [2.75, 3.05) is 0 Å². The number of nitrogens with one attached hydrogen (secondary N) is 1. The molecule has 0 amide bonds. The van der Waals surface area contributed by atoms with Gasteiger partial charge in [-0.15, -0.1) is 0 Å². The molecule has 0 aliphatic carbocycles. The van der Waals surface area contributed by atoms with E-state index in [2.05, 4.69) is 15.0 Å². The van der Waals surface area contributed by atoms with Crippen LogP contribution >= 0.6 is 0 Å². The van der Waals surface area contributed by atoms with Crippen LogP contribution in [0.15, 0.2) is 70.4 Å². The molecule has 0 aliphatic heterocycles. The molecule has 0 saturated carbocycles. The molecule has 0 fully saturated rings. The third kappa shape index (κ3) is 2.75. The molecule has 0 radical (unpaired) electrons. The molecule has 0 bridgehead atoms. The molecule has 128 valence electrons. The molecular formula is C19H14N4O3. The van der Waals surface area contributed by atoms with E-state index in [9.17, 15) is 14.7 Å². The normalized spacial score (nSPS) is 10.9. The highest BCUT2D eigenvalue weighted by molar-refractivity contribution is 5.79. The van der Waals surface area contributed by atoms with Crippen molar-refractivity contribution >= 4 is 11.0 Å². The standard InChI is InChI=1S/C19H14N4O3/c24-16-7-2-1-6-13(16)15-9-8-14-17(21-15)23(19(26)22-18(14)25)11-12-5-3-4-10-20-12/h1-10,24H,11H2,(H,22,25,26). The molecule has 1 aromatic carbocycles. The first kappa shape index (κ1) is 15.8. The van der Waals surface area contributed by atoms with Crippen LogP contribution in [0.4, 0.5) is 0 Å². The van der Waals surface area contributed by atoms with Gasteiger partial charge in [-0.25, -0.2) is 9.78 Å². The van der Waals surface area contributed by atoms with Gasteiger partial charge in [-0.3, -0.25) is 19.3 Å². The topological polar surface area (TPSA) is 101 Å². The van der Waals surface area contributed by atoms with Crippen molar-refractivity contribution in [1.82, 2.24) is 19.5 Å². The van der Waals surface area contributed by atoms with Gasteiger partial charge >= 0.3 is 5.69 Å². The minimum Gasteiger partial charge on any atom is -0.507 e. The Labute approximate surface area is 147 Å². The highest BCUT2D eigenvalue weighted by atomic mass is 16.3. The molecular weight excluding hydrogens is 332 g/mol. The fraction of sp³-hybridized carbons (Fsp3) is 0.0526. The lowest BCUT2D eigenvalue weighted by Crippen LogP contribution is -2.31. The minimum absolute atomic E-state index is 0.0720. The maximum absolute atomic E-state index is 12.4. The molecule has 3 aromatic heterocycles. The monoisotopic (exact) mass is 346 g/mol. The number of phenolic OH excluding ortho intramolecular Hbond substituents is 1. The van der Waals surface area contributed by atoms with Crippen LogP contribution in [-0.4, -0.2) is 24.6 Å². The molecule has 2 N–H and O–H groups in total. The zero-order chi connectivity index (χ0) is 18.1. The molecule has 7 heteroatoms. The Morgan fingerprint density at radius 2 is 1.81 bits per heavy atom. The molecule has 26 heavy (non-hydrogen) atoms. The van der Waals surface area contributed by atoms with Crippen LogP contribution in [0.2, 0.25) is 0 Å². The second-order valence-corrected chi connectivity index (χ2v) is 5.75. The van der Waals surface area contributed by atoms with E-state index in [1.165, 1.54) is 4.57 Å². The summed E-state index contributed by atoms with van der Waals surface area (Å²) in [5, 5.41) is 10.4. The number of pyridine rings is 2. The van der Waals surface area contributed by atoms with Gasteiger partial charge in [0.1, 0.15) is 5.75 Å². The highest BCUT2D eigenvalue weighted by Crippen LogP contribution is 2.27. The fourth-order valence-electron chi connectivity index (χ4n) is 2.80. The molecule has 4 rings (SSSR count). The Bertz CT molecular complexity index is 1210.